The van der Waals surface area contributed by atoms with E-state index in [9.17, 15) is 40.9 Å². The van der Waals surface area contributed by atoms with E-state index < -0.39 is 74.3 Å². The van der Waals surface area contributed by atoms with E-state index in [4.69, 9.17) is 14.9 Å². The molecule has 0 spiro atoms. The highest BCUT2D eigenvalue weighted by molar-refractivity contribution is 4.98. The summed E-state index contributed by atoms with van der Waals surface area (Å²) in [5.74, 6) is 0. The summed E-state index contributed by atoms with van der Waals surface area (Å²) in [6.45, 7) is -1.67. The molecule has 0 aromatic heterocycles. The molecule has 0 saturated carbocycles. The van der Waals surface area contributed by atoms with E-state index in [-0.39, 0.29) is 11.0 Å². The van der Waals surface area contributed by atoms with Crippen LogP contribution in [0.3, 0.4) is 0 Å². The molecule has 0 aromatic carbocycles. The van der Waals surface area contributed by atoms with Crippen molar-refractivity contribution in [2.75, 3.05) is 13.2 Å². The van der Waals surface area contributed by atoms with Crippen molar-refractivity contribution in [1.82, 2.24) is 0 Å². The smallest absolute Gasteiger partial charge is 0.115 e. The minimum Gasteiger partial charge on any atom is -0.412 e. The van der Waals surface area contributed by atoms with Crippen molar-refractivity contribution in [2.24, 2.45) is 0 Å². The molecule has 2 unspecified atom stereocenters. The standard InChI is InChI=1S/C12H24O11.2H2O/c13-1-3(15)5(16)7(18)9(20)11(22)12-10(21)8(19)6(17)4(2-14)23-12;;/h3-22H,1-2H2;2*1H2/t3-,4-,5-,6-,7+,8+,9+,10-,11?,12?;;/m1../s1. The Morgan fingerprint density at radius 1 is 0.720 bits per heavy atom. The molecule has 14 N–H and O–H groups in total. The van der Waals surface area contributed by atoms with Crippen LogP contribution in [0.2, 0.25) is 0 Å². The van der Waals surface area contributed by atoms with E-state index in [2.05, 4.69) is 0 Å². The zero-order chi connectivity index (χ0) is 17.9. The zero-order valence-corrected chi connectivity index (χ0v) is 13.1. The lowest BCUT2D eigenvalue weighted by atomic mass is 9.88. The summed E-state index contributed by atoms with van der Waals surface area (Å²) in [6.07, 6.45) is -18.4. The van der Waals surface area contributed by atoms with Crippen LogP contribution in [0.5, 0.6) is 0 Å². The van der Waals surface area contributed by atoms with Gasteiger partial charge in [-0.15, -0.1) is 0 Å². The van der Waals surface area contributed by atoms with E-state index >= 15 is 0 Å². The minimum atomic E-state index is -2.13. The Morgan fingerprint density at radius 2 is 1.24 bits per heavy atom. The van der Waals surface area contributed by atoms with Crippen molar-refractivity contribution in [3.63, 3.8) is 0 Å². The summed E-state index contributed by atoms with van der Waals surface area (Å²) < 4.78 is 5.01. The molecular weight excluding hydrogens is 352 g/mol. The molecule has 13 heteroatoms. The molecule has 1 aliphatic heterocycles. The highest BCUT2D eigenvalue weighted by Crippen LogP contribution is 2.25. The second kappa shape index (κ2) is 11.2. The summed E-state index contributed by atoms with van der Waals surface area (Å²) in [6, 6.07) is 0. The summed E-state index contributed by atoms with van der Waals surface area (Å²) in [5, 5.41) is 94.9. The van der Waals surface area contributed by atoms with Crippen LogP contribution < -0.4 is 0 Å². The molecule has 0 radical (unpaired) electrons. The normalized spacial score (nSPS) is 35.5. The number of aliphatic hydroxyl groups is 10. The van der Waals surface area contributed by atoms with Crippen molar-refractivity contribution in [2.45, 2.75) is 61.0 Å². The second-order valence-electron chi connectivity index (χ2n) is 5.51. The highest BCUT2D eigenvalue weighted by atomic mass is 16.6. The molecule has 25 heavy (non-hydrogen) atoms. The third-order valence-electron chi connectivity index (χ3n) is 3.90. The van der Waals surface area contributed by atoms with Gasteiger partial charge in [-0.25, -0.2) is 0 Å². The van der Waals surface area contributed by atoms with Gasteiger partial charge in [-0.3, -0.25) is 0 Å². The van der Waals surface area contributed by atoms with E-state index in [1.54, 1.807) is 0 Å². The fourth-order valence-corrected chi connectivity index (χ4v) is 2.35. The van der Waals surface area contributed by atoms with Crippen LogP contribution in [-0.2, 0) is 4.74 Å². The molecule has 154 valence electrons. The SMILES string of the molecule is O.O.OC[C@@H](O)[C@@H](O)[C@H](O)[C@H](O)C(O)C1O[C@H](CO)[C@@H](O)[C@H](O)[C@H]1O. The van der Waals surface area contributed by atoms with Crippen molar-refractivity contribution < 1.29 is 66.8 Å². The highest BCUT2D eigenvalue weighted by Gasteiger charge is 2.49. The third kappa shape index (κ3) is 5.73. The van der Waals surface area contributed by atoms with Gasteiger partial charge in [0.15, 0.2) is 0 Å². The van der Waals surface area contributed by atoms with Gasteiger partial charge >= 0.3 is 0 Å². The van der Waals surface area contributed by atoms with Gasteiger partial charge in [0.05, 0.1) is 13.2 Å². The lowest BCUT2D eigenvalue weighted by Crippen LogP contribution is -2.64. The second-order valence-corrected chi connectivity index (χ2v) is 5.51. The minimum absolute atomic E-state index is 0. The van der Waals surface area contributed by atoms with Crippen molar-refractivity contribution in [3.05, 3.63) is 0 Å². The third-order valence-corrected chi connectivity index (χ3v) is 3.90. The summed E-state index contributed by atoms with van der Waals surface area (Å²) in [5.41, 5.74) is 0. The fraction of sp³-hybridized carbons (Fsp3) is 1.00. The van der Waals surface area contributed by atoms with Gasteiger partial charge in [0.25, 0.3) is 0 Å². The van der Waals surface area contributed by atoms with Gasteiger partial charge in [0, 0.05) is 0 Å². The molecular formula is C12H28O13. The lowest BCUT2D eigenvalue weighted by molar-refractivity contribution is -0.264. The maximum atomic E-state index is 9.98. The molecule has 0 aromatic rings. The van der Waals surface area contributed by atoms with Gasteiger partial charge in [-0.2, -0.15) is 0 Å². The number of hydrogen-bond donors (Lipinski definition) is 10. The van der Waals surface area contributed by atoms with Crippen molar-refractivity contribution in [3.8, 4) is 0 Å². The van der Waals surface area contributed by atoms with E-state index in [1.807, 2.05) is 0 Å². The Kier molecular flexibility index (Phi) is 12.0. The predicted octanol–water partition coefficient (Wildman–Crippen LogP) is -8.02. The van der Waals surface area contributed by atoms with Crippen LogP contribution in [0.25, 0.3) is 0 Å². The lowest BCUT2D eigenvalue weighted by Gasteiger charge is -2.43. The molecule has 0 amide bonds. The van der Waals surface area contributed by atoms with Crippen LogP contribution in [-0.4, -0.2) is 136 Å². The largest absolute Gasteiger partial charge is 0.412 e. The first-order valence-corrected chi connectivity index (χ1v) is 6.99. The molecule has 1 rings (SSSR count). The Hall–Kier alpha value is -0.520. The van der Waals surface area contributed by atoms with E-state index in [0.717, 1.165) is 0 Å². The van der Waals surface area contributed by atoms with Crippen LogP contribution in [0, 0.1) is 0 Å². The predicted molar refractivity (Wildman–Crippen MR) is 78.1 cm³/mol. The zero-order valence-electron chi connectivity index (χ0n) is 13.1. The monoisotopic (exact) mass is 380 g/mol. The number of hydrogen-bond acceptors (Lipinski definition) is 11. The Labute approximate surface area is 142 Å². The molecule has 1 aliphatic rings. The summed E-state index contributed by atoms with van der Waals surface area (Å²) in [7, 11) is 0. The van der Waals surface area contributed by atoms with Gasteiger partial charge in [-0.05, 0) is 0 Å². The van der Waals surface area contributed by atoms with Gasteiger partial charge in [-0.1, -0.05) is 0 Å². The molecule has 1 saturated heterocycles. The average molecular weight is 380 g/mol. The van der Waals surface area contributed by atoms with Gasteiger partial charge in [0.1, 0.15) is 61.0 Å². The quantitative estimate of drug-likeness (QED) is 0.198. The van der Waals surface area contributed by atoms with Crippen molar-refractivity contribution >= 4 is 0 Å². The van der Waals surface area contributed by atoms with Crippen LogP contribution in [0.15, 0.2) is 0 Å². The first-order chi connectivity index (χ1) is 10.7. The average Bonchev–Trinajstić information content (AvgIpc) is 2.56. The van der Waals surface area contributed by atoms with E-state index in [0.29, 0.717) is 0 Å². The molecule has 0 bridgehead atoms. The van der Waals surface area contributed by atoms with Gasteiger partial charge < -0.3 is 66.8 Å². The van der Waals surface area contributed by atoms with Crippen LogP contribution in [0.4, 0.5) is 0 Å². The Bertz CT molecular complexity index is 356. The number of rotatable bonds is 7. The first kappa shape index (κ1) is 26.7. The Morgan fingerprint density at radius 3 is 1.68 bits per heavy atom. The van der Waals surface area contributed by atoms with Crippen LogP contribution >= 0.6 is 0 Å². The molecule has 10 atom stereocenters. The van der Waals surface area contributed by atoms with Crippen LogP contribution in [0.1, 0.15) is 0 Å². The van der Waals surface area contributed by atoms with E-state index in [1.165, 1.54) is 0 Å². The fourth-order valence-electron chi connectivity index (χ4n) is 2.35. The summed E-state index contributed by atoms with van der Waals surface area (Å²) in [4.78, 5) is 0. The van der Waals surface area contributed by atoms with Gasteiger partial charge in [0.2, 0.25) is 0 Å². The summed E-state index contributed by atoms with van der Waals surface area (Å²) >= 11 is 0. The molecule has 1 heterocycles. The maximum Gasteiger partial charge on any atom is 0.115 e. The number of aliphatic hydroxyl groups excluding tert-OH is 10. The topological polar surface area (TPSA) is 275 Å². The Balaban J connectivity index is 0. The molecule has 0 aliphatic carbocycles. The van der Waals surface area contributed by atoms with Crippen molar-refractivity contribution in [1.29, 1.82) is 0 Å². The molecule has 1 fully saturated rings. The molecule has 13 nitrogen and oxygen atoms in total. The first-order valence-electron chi connectivity index (χ1n) is 6.99. The maximum absolute atomic E-state index is 9.98. The number of ether oxygens (including phenoxy) is 1.